The number of anilines is 5. The van der Waals surface area contributed by atoms with Crippen LogP contribution in [-0.2, 0) is 25.1 Å². The molecule has 0 aliphatic carbocycles. The van der Waals surface area contributed by atoms with Gasteiger partial charge in [-0.1, -0.05) is 0 Å². The van der Waals surface area contributed by atoms with Gasteiger partial charge in [-0.05, 0) is 0 Å². The largest absolute Gasteiger partial charge is 0.486 e. The molecule has 0 spiro atoms. The van der Waals surface area contributed by atoms with Crippen molar-refractivity contribution in [1.82, 2.24) is 0 Å². The summed E-state index contributed by atoms with van der Waals surface area (Å²) in [6.07, 6.45) is -0.375. The Balaban J connectivity index is 2.16. The summed E-state index contributed by atoms with van der Waals surface area (Å²) in [5, 5.41) is 0. The Bertz CT molecular complexity index is 616. The molecule has 0 saturated heterocycles. The third-order valence-corrected chi connectivity index (χ3v) is 5.07. The fourth-order valence-electron chi connectivity index (χ4n) is 2.22. The van der Waals surface area contributed by atoms with Gasteiger partial charge in [0.25, 0.3) is 0 Å². The van der Waals surface area contributed by atoms with Gasteiger partial charge >= 0.3 is 0 Å². The molecule has 1 aromatic rings. The topological polar surface area (TPSA) is 195 Å². The molecule has 0 aliphatic heterocycles. The lowest BCUT2D eigenvalue weighted by Gasteiger charge is -2.20. The third kappa shape index (κ3) is 10.6. The van der Waals surface area contributed by atoms with Crippen LogP contribution in [0.25, 0.3) is 0 Å². The van der Waals surface area contributed by atoms with E-state index in [0.29, 0.717) is 52.9 Å². The van der Waals surface area contributed by atoms with Crippen LogP contribution in [0.2, 0.25) is 0 Å². The van der Waals surface area contributed by atoms with Crippen molar-refractivity contribution < 1.29 is 29.8 Å². The number of nitrogen functional groups attached to an aromatic ring is 5. The maximum absolute atomic E-state index is 5.93. The summed E-state index contributed by atoms with van der Waals surface area (Å²) in [6, 6.07) is 0. The minimum Gasteiger partial charge on any atom is -0.486 e. The van der Waals surface area contributed by atoms with E-state index in [0.717, 1.165) is 0 Å². The molecule has 1 unspecified atom stereocenters. The van der Waals surface area contributed by atoms with Crippen molar-refractivity contribution in [2.24, 2.45) is 0 Å². The second-order valence-electron chi connectivity index (χ2n) is 6.14. The minimum absolute atomic E-state index is 0.126. The maximum atomic E-state index is 5.93. The van der Waals surface area contributed by atoms with Gasteiger partial charge < -0.3 is 58.5 Å². The fraction of sp³-hybridized carbons (Fsp3) is 0.647. The SMILES string of the molecule is Nc1c(N)c(N)c(OCC(COCCOCCOCCOCCOI)OI)c(N)c1N. The number of benzene rings is 1. The molecule has 0 aliphatic rings. The van der Waals surface area contributed by atoms with E-state index in [4.69, 9.17) is 58.5 Å². The Morgan fingerprint density at radius 1 is 0.548 bits per heavy atom. The van der Waals surface area contributed by atoms with Gasteiger partial charge in [0.2, 0.25) is 0 Å². The van der Waals surface area contributed by atoms with E-state index in [-0.39, 0.29) is 53.5 Å². The predicted octanol–water partition coefficient (Wildman–Crippen LogP) is 1.14. The highest BCUT2D eigenvalue weighted by Crippen LogP contribution is 2.43. The van der Waals surface area contributed by atoms with Crippen molar-refractivity contribution in [3.8, 4) is 5.75 Å². The average Bonchev–Trinajstić information content (AvgIpc) is 2.77. The van der Waals surface area contributed by atoms with E-state index in [1.165, 1.54) is 0 Å². The summed E-state index contributed by atoms with van der Waals surface area (Å²) in [5.74, 6) is 0.176. The Kier molecular flexibility index (Phi) is 15.3. The van der Waals surface area contributed by atoms with Crippen LogP contribution in [0.15, 0.2) is 0 Å². The van der Waals surface area contributed by atoms with Crippen LogP contribution in [0.4, 0.5) is 28.4 Å². The highest BCUT2D eigenvalue weighted by molar-refractivity contribution is 14.1. The lowest BCUT2D eigenvalue weighted by atomic mass is 10.1. The Hall–Kier alpha value is -0.760. The molecule has 180 valence electrons. The van der Waals surface area contributed by atoms with Crippen LogP contribution < -0.4 is 33.4 Å². The van der Waals surface area contributed by atoms with Gasteiger partial charge in [0.05, 0.1) is 76.5 Å². The van der Waals surface area contributed by atoms with Gasteiger partial charge in [-0.2, -0.15) is 0 Å². The molecule has 1 rings (SSSR count). The molecule has 0 saturated carbocycles. The summed E-state index contributed by atoms with van der Waals surface area (Å²) >= 11 is 3.59. The van der Waals surface area contributed by atoms with Gasteiger partial charge in [0, 0.05) is 0 Å². The van der Waals surface area contributed by atoms with Crippen LogP contribution in [-0.4, -0.2) is 72.2 Å². The molecule has 0 bridgehead atoms. The number of rotatable bonds is 18. The van der Waals surface area contributed by atoms with Crippen LogP contribution in [0, 0.1) is 0 Å². The summed E-state index contributed by atoms with van der Waals surface area (Å²) in [6.45, 7) is 4.31. The van der Waals surface area contributed by atoms with Gasteiger partial charge in [0.1, 0.15) is 70.1 Å². The number of hydrogen-bond acceptors (Lipinski definition) is 12. The van der Waals surface area contributed by atoms with E-state index in [1.807, 2.05) is 23.0 Å². The van der Waals surface area contributed by atoms with Gasteiger partial charge in [0.15, 0.2) is 5.75 Å². The highest BCUT2D eigenvalue weighted by atomic mass is 127. The van der Waals surface area contributed by atoms with E-state index in [1.54, 1.807) is 23.0 Å². The Labute approximate surface area is 210 Å². The molecule has 0 aromatic heterocycles. The van der Waals surface area contributed by atoms with E-state index in [9.17, 15) is 0 Å². The molecule has 0 radical (unpaired) electrons. The minimum atomic E-state index is -0.375. The monoisotopic (exact) mass is 671 g/mol. The normalized spacial score (nSPS) is 12.2. The molecule has 31 heavy (non-hydrogen) atoms. The first-order valence-corrected chi connectivity index (χ1v) is 11.2. The second kappa shape index (κ2) is 16.8. The van der Waals surface area contributed by atoms with Crippen molar-refractivity contribution in [3.63, 3.8) is 0 Å². The number of ether oxygens (including phenoxy) is 5. The summed E-state index contributed by atoms with van der Waals surface area (Å²) in [4.78, 5) is 0. The average molecular weight is 671 g/mol. The van der Waals surface area contributed by atoms with Crippen LogP contribution in [0.5, 0.6) is 5.75 Å². The zero-order chi connectivity index (χ0) is 23.1. The number of halogens is 2. The molecule has 0 heterocycles. The Morgan fingerprint density at radius 2 is 0.968 bits per heavy atom. The van der Waals surface area contributed by atoms with E-state index >= 15 is 0 Å². The summed E-state index contributed by atoms with van der Waals surface area (Å²) in [7, 11) is 0. The van der Waals surface area contributed by atoms with Crippen molar-refractivity contribution in [2.75, 3.05) is 94.7 Å². The highest BCUT2D eigenvalue weighted by Gasteiger charge is 2.19. The molecule has 0 amide bonds. The first kappa shape index (κ1) is 28.3. The molecular formula is C17H31I2N5O7. The van der Waals surface area contributed by atoms with Crippen LogP contribution >= 0.6 is 46.0 Å². The molecule has 1 atom stereocenters. The zero-order valence-electron chi connectivity index (χ0n) is 17.1. The summed E-state index contributed by atoms with van der Waals surface area (Å²) in [5.41, 5.74) is 29.9. The van der Waals surface area contributed by atoms with Crippen LogP contribution in [0.1, 0.15) is 0 Å². The van der Waals surface area contributed by atoms with Crippen molar-refractivity contribution >= 4 is 74.4 Å². The second-order valence-corrected chi connectivity index (χ2v) is 7.28. The van der Waals surface area contributed by atoms with Gasteiger partial charge in [-0.15, -0.1) is 0 Å². The number of nitrogens with two attached hydrogens (primary N) is 5. The van der Waals surface area contributed by atoms with Crippen molar-refractivity contribution in [1.29, 1.82) is 0 Å². The van der Waals surface area contributed by atoms with Crippen molar-refractivity contribution in [3.05, 3.63) is 0 Å². The van der Waals surface area contributed by atoms with Crippen molar-refractivity contribution in [2.45, 2.75) is 6.10 Å². The molecule has 1 aromatic carbocycles. The molecular weight excluding hydrogens is 640 g/mol. The maximum Gasteiger partial charge on any atom is 0.169 e. The first-order chi connectivity index (χ1) is 14.9. The lowest BCUT2D eigenvalue weighted by molar-refractivity contribution is -0.0143. The summed E-state index contributed by atoms with van der Waals surface area (Å²) < 4.78 is 37.4. The van der Waals surface area contributed by atoms with Crippen LogP contribution in [0.3, 0.4) is 0 Å². The molecule has 12 nitrogen and oxygen atoms in total. The quantitative estimate of drug-likeness (QED) is 0.0851. The number of hydrogen-bond donors (Lipinski definition) is 5. The zero-order valence-corrected chi connectivity index (χ0v) is 21.5. The molecule has 10 N–H and O–H groups in total. The molecule has 14 heteroatoms. The van der Waals surface area contributed by atoms with E-state index in [2.05, 4.69) is 0 Å². The third-order valence-electron chi connectivity index (χ3n) is 3.91. The van der Waals surface area contributed by atoms with Gasteiger partial charge in [-0.3, -0.25) is 0 Å². The standard InChI is InChI=1S/C17H31I2N5O7/c18-30-8-7-27-4-3-25-1-2-26-5-6-28-9-11(31-19)10-29-17-15(23)13(21)12(20)14(22)16(17)24/h11H,1-10,20-24H2. The van der Waals surface area contributed by atoms with E-state index < -0.39 is 0 Å². The Morgan fingerprint density at radius 3 is 1.42 bits per heavy atom. The smallest absolute Gasteiger partial charge is 0.169 e. The predicted molar refractivity (Wildman–Crippen MR) is 136 cm³/mol. The van der Waals surface area contributed by atoms with Gasteiger partial charge in [-0.25, -0.2) is 0 Å². The molecule has 0 fully saturated rings. The lowest BCUT2D eigenvalue weighted by Crippen LogP contribution is -2.26. The fourth-order valence-corrected chi connectivity index (χ4v) is 2.69. The first-order valence-electron chi connectivity index (χ1n) is 9.40.